The molecule has 3 aromatic carbocycles. The molecular weight excluding hydrogens is 474 g/mol. The SMILES string of the molecule is CCOC(=O)C1(C(=O)OCC)C(c2ccccc2)C(C(=O)Oc2ccccc2)N1c1ccc(OC)cc1. The summed E-state index contributed by atoms with van der Waals surface area (Å²) in [6, 6.07) is 23.2. The Morgan fingerprint density at radius 2 is 1.30 bits per heavy atom. The third-order valence-corrected chi connectivity index (χ3v) is 6.31. The number of hydrogen-bond acceptors (Lipinski definition) is 8. The van der Waals surface area contributed by atoms with E-state index in [2.05, 4.69) is 0 Å². The van der Waals surface area contributed by atoms with Gasteiger partial charge in [-0.05, 0) is 55.8 Å². The second kappa shape index (κ2) is 11.2. The van der Waals surface area contributed by atoms with Gasteiger partial charge in [-0.1, -0.05) is 48.5 Å². The molecule has 0 N–H and O–H groups in total. The fourth-order valence-electron chi connectivity index (χ4n) is 4.78. The van der Waals surface area contributed by atoms with Gasteiger partial charge in [-0.2, -0.15) is 0 Å². The average Bonchev–Trinajstić information content (AvgIpc) is 2.90. The minimum absolute atomic E-state index is 0.0388. The Balaban J connectivity index is 1.92. The number of hydrogen-bond donors (Lipinski definition) is 0. The van der Waals surface area contributed by atoms with E-state index in [4.69, 9.17) is 18.9 Å². The quantitative estimate of drug-likeness (QED) is 0.245. The van der Waals surface area contributed by atoms with Crippen molar-refractivity contribution in [1.82, 2.24) is 0 Å². The Morgan fingerprint density at radius 1 is 0.757 bits per heavy atom. The summed E-state index contributed by atoms with van der Waals surface area (Å²) in [5, 5.41) is 0. The predicted octanol–water partition coefficient (Wildman–Crippen LogP) is 4.14. The third kappa shape index (κ3) is 4.62. The normalized spacial score (nSPS) is 17.8. The summed E-state index contributed by atoms with van der Waals surface area (Å²) in [5.41, 5.74) is -0.921. The zero-order valence-electron chi connectivity index (χ0n) is 21.0. The van der Waals surface area contributed by atoms with E-state index in [0.29, 0.717) is 22.7 Å². The lowest BCUT2D eigenvalue weighted by atomic mass is 9.63. The Hall–Kier alpha value is -4.33. The molecule has 1 saturated heterocycles. The molecule has 0 aliphatic carbocycles. The smallest absolute Gasteiger partial charge is 0.344 e. The first-order valence-electron chi connectivity index (χ1n) is 12.1. The summed E-state index contributed by atoms with van der Waals surface area (Å²) >= 11 is 0. The number of carbonyl (C=O) groups is 3. The highest BCUT2D eigenvalue weighted by Gasteiger charge is 2.74. The lowest BCUT2D eigenvalue weighted by molar-refractivity contribution is -0.173. The number of esters is 3. The van der Waals surface area contributed by atoms with E-state index in [-0.39, 0.29) is 13.2 Å². The summed E-state index contributed by atoms with van der Waals surface area (Å²) in [6.07, 6.45) is 0. The predicted molar refractivity (Wildman–Crippen MR) is 137 cm³/mol. The molecule has 8 nitrogen and oxygen atoms in total. The fraction of sp³-hybridized carbons (Fsp3) is 0.276. The zero-order valence-corrected chi connectivity index (χ0v) is 21.0. The van der Waals surface area contributed by atoms with Crippen LogP contribution in [0, 0.1) is 0 Å². The molecular formula is C29H29NO7. The van der Waals surface area contributed by atoms with Gasteiger partial charge in [0.25, 0.3) is 0 Å². The molecule has 0 amide bonds. The first kappa shape index (κ1) is 25.8. The van der Waals surface area contributed by atoms with Crippen molar-refractivity contribution in [2.24, 2.45) is 0 Å². The van der Waals surface area contributed by atoms with Gasteiger partial charge in [0.2, 0.25) is 5.54 Å². The van der Waals surface area contributed by atoms with Crippen molar-refractivity contribution < 1.29 is 33.3 Å². The summed E-state index contributed by atoms with van der Waals surface area (Å²) in [7, 11) is 1.53. The van der Waals surface area contributed by atoms with E-state index in [1.165, 1.54) is 12.0 Å². The van der Waals surface area contributed by atoms with Crippen LogP contribution in [-0.4, -0.2) is 49.8 Å². The van der Waals surface area contributed by atoms with E-state index in [1.807, 2.05) is 12.1 Å². The Bertz CT molecular complexity index is 1210. The van der Waals surface area contributed by atoms with Crippen LogP contribution in [0.3, 0.4) is 0 Å². The van der Waals surface area contributed by atoms with Crippen molar-refractivity contribution in [3.63, 3.8) is 0 Å². The molecule has 37 heavy (non-hydrogen) atoms. The highest BCUT2D eigenvalue weighted by Crippen LogP contribution is 2.53. The lowest BCUT2D eigenvalue weighted by Gasteiger charge is -2.59. The molecule has 0 saturated carbocycles. The monoisotopic (exact) mass is 503 g/mol. The minimum atomic E-state index is -1.96. The van der Waals surface area contributed by atoms with Gasteiger partial charge in [0.05, 0.1) is 26.2 Å². The van der Waals surface area contributed by atoms with Crippen LogP contribution >= 0.6 is 0 Å². The highest BCUT2D eigenvalue weighted by atomic mass is 16.6. The molecule has 8 heteroatoms. The van der Waals surface area contributed by atoms with E-state index in [0.717, 1.165) is 0 Å². The lowest BCUT2D eigenvalue weighted by Crippen LogP contribution is -2.81. The molecule has 192 valence electrons. The highest BCUT2D eigenvalue weighted by molar-refractivity contribution is 6.15. The molecule has 0 bridgehead atoms. The maximum Gasteiger partial charge on any atom is 0.344 e. The van der Waals surface area contributed by atoms with E-state index in [9.17, 15) is 14.4 Å². The zero-order chi connectivity index (χ0) is 26.4. The minimum Gasteiger partial charge on any atom is -0.497 e. The van der Waals surface area contributed by atoms with Crippen molar-refractivity contribution in [1.29, 1.82) is 0 Å². The number of carbonyl (C=O) groups excluding carboxylic acids is 3. The van der Waals surface area contributed by atoms with Crippen molar-refractivity contribution in [2.45, 2.75) is 31.3 Å². The third-order valence-electron chi connectivity index (χ3n) is 6.31. The molecule has 1 fully saturated rings. The standard InChI is InChI=1S/C29H29NO7/c1-4-35-27(32)29(28(33)36-5-2)24(20-12-8-6-9-13-20)25(26(31)37-23-14-10-7-11-15-23)30(29)21-16-18-22(34-3)19-17-21/h6-19,24-25H,4-5H2,1-3H3. The van der Waals surface area contributed by atoms with E-state index >= 15 is 0 Å². The second-order valence-electron chi connectivity index (χ2n) is 8.34. The molecule has 0 aromatic heterocycles. The van der Waals surface area contributed by atoms with Crippen LogP contribution in [0.4, 0.5) is 5.69 Å². The van der Waals surface area contributed by atoms with Crippen LogP contribution in [0.1, 0.15) is 25.3 Å². The van der Waals surface area contributed by atoms with E-state index < -0.39 is 35.4 Å². The first-order chi connectivity index (χ1) is 18.0. The maximum absolute atomic E-state index is 13.7. The Labute approximate surface area is 215 Å². The van der Waals surface area contributed by atoms with Gasteiger partial charge in [0.1, 0.15) is 17.5 Å². The largest absolute Gasteiger partial charge is 0.497 e. The molecule has 0 spiro atoms. The van der Waals surface area contributed by atoms with Crippen molar-refractivity contribution in [2.75, 3.05) is 25.2 Å². The number of rotatable bonds is 9. The molecule has 2 unspecified atom stereocenters. The van der Waals surface area contributed by atoms with Gasteiger partial charge in [-0.3, -0.25) is 0 Å². The molecule has 4 rings (SSSR count). The summed E-state index contributed by atoms with van der Waals surface area (Å²) in [4.78, 5) is 42.7. The number of para-hydroxylation sites is 1. The topological polar surface area (TPSA) is 91.4 Å². The van der Waals surface area contributed by atoms with Gasteiger partial charge in [0.15, 0.2) is 0 Å². The molecule has 1 aliphatic rings. The van der Waals surface area contributed by atoms with Crippen LogP contribution in [0.2, 0.25) is 0 Å². The van der Waals surface area contributed by atoms with Crippen LogP contribution in [0.5, 0.6) is 11.5 Å². The summed E-state index contributed by atoms with van der Waals surface area (Å²) in [5.74, 6) is -2.25. The van der Waals surface area contributed by atoms with Crippen LogP contribution in [-0.2, 0) is 23.9 Å². The van der Waals surface area contributed by atoms with Gasteiger partial charge >= 0.3 is 17.9 Å². The van der Waals surface area contributed by atoms with Gasteiger partial charge in [0, 0.05) is 5.69 Å². The van der Waals surface area contributed by atoms with Crippen molar-refractivity contribution >= 4 is 23.6 Å². The van der Waals surface area contributed by atoms with Crippen LogP contribution < -0.4 is 14.4 Å². The van der Waals surface area contributed by atoms with Crippen LogP contribution in [0.25, 0.3) is 0 Å². The molecule has 1 heterocycles. The number of anilines is 1. The Kier molecular flexibility index (Phi) is 7.77. The molecule has 1 aliphatic heterocycles. The molecule has 3 aromatic rings. The number of methoxy groups -OCH3 is 1. The van der Waals surface area contributed by atoms with Crippen molar-refractivity contribution in [3.8, 4) is 11.5 Å². The second-order valence-corrected chi connectivity index (χ2v) is 8.34. The fourth-order valence-corrected chi connectivity index (χ4v) is 4.78. The molecule has 0 radical (unpaired) electrons. The number of benzene rings is 3. The summed E-state index contributed by atoms with van der Waals surface area (Å²) < 4.78 is 21.9. The number of ether oxygens (including phenoxy) is 4. The van der Waals surface area contributed by atoms with Gasteiger partial charge in [-0.15, -0.1) is 0 Å². The maximum atomic E-state index is 13.7. The molecule has 2 atom stereocenters. The van der Waals surface area contributed by atoms with E-state index in [1.54, 1.807) is 86.6 Å². The van der Waals surface area contributed by atoms with Crippen LogP contribution in [0.15, 0.2) is 84.9 Å². The van der Waals surface area contributed by atoms with Crippen molar-refractivity contribution in [3.05, 3.63) is 90.5 Å². The average molecular weight is 504 g/mol. The summed E-state index contributed by atoms with van der Waals surface area (Å²) in [6.45, 7) is 3.39. The van der Waals surface area contributed by atoms with Gasteiger partial charge < -0.3 is 23.8 Å². The Morgan fingerprint density at radius 3 is 1.81 bits per heavy atom. The van der Waals surface area contributed by atoms with Gasteiger partial charge in [-0.25, -0.2) is 14.4 Å². The number of nitrogens with zero attached hydrogens (tertiary/aromatic N) is 1. The first-order valence-corrected chi connectivity index (χ1v) is 12.1.